The summed E-state index contributed by atoms with van der Waals surface area (Å²) in [5, 5.41) is 5.51. The predicted molar refractivity (Wildman–Crippen MR) is 172 cm³/mol. The highest BCUT2D eigenvalue weighted by molar-refractivity contribution is 6.31. The van der Waals surface area contributed by atoms with Crippen LogP contribution in [0.1, 0.15) is 117 Å². The lowest BCUT2D eigenvalue weighted by molar-refractivity contribution is -0.757. The van der Waals surface area contributed by atoms with Crippen LogP contribution >= 0.6 is 11.6 Å². The molecular formula is C38H54ClFIN3O. The zero-order valence-corrected chi connectivity index (χ0v) is 31.7. The fourth-order valence-electron chi connectivity index (χ4n) is 13.7. The van der Waals surface area contributed by atoms with E-state index >= 15 is 0 Å². The quantitative estimate of drug-likeness (QED) is 0.302. The van der Waals surface area contributed by atoms with Crippen LogP contribution in [0.2, 0.25) is 5.02 Å². The first kappa shape index (κ1) is 32.8. The highest BCUT2D eigenvalue weighted by Crippen LogP contribution is 2.77. The minimum Gasteiger partial charge on any atom is -1.00 e. The zero-order valence-electron chi connectivity index (χ0n) is 28.8. The van der Waals surface area contributed by atoms with Gasteiger partial charge in [0.25, 0.3) is 0 Å². The zero-order chi connectivity index (χ0) is 31.2. The molecule has 2 heterocycles. The van der Waals surface area contributed by atoms with Crippen molar-refractivity contribution in [2.24, 2.45) is 57.8 Å². The van der Waals surface area contributed by atoms with Crippen LogP contribution in [-0.2, 0) is 30.2 Å². The third kappa shape index (κ3) is 4.09. The van der Waals surface area contributed by atoms with Crippen LogP contribution in [0, 0.1) is 56.6 Å². The summed E-state index contributed by atoms with van der Waals surface area (Å²) in [7, 11) is 2.10. The molecule has 1 aromatic heterocycles. The van der Waals surface area contributed by atoms with Gasteiger partial charge in [0, 0.05) is 11.8 Å². The van der Waals surface area contributed by atoms with Gasteiger partial charge in [-0.3, -0.25) is 0 Å². The van der Waals surface area contributed by atoms with Crippen molar-refractivity contribution in [3.63, 3.8) is 0 Å². The minimum absolute atomic E-state index is 0. The molecule has 0 radical (unpaired) electrons. The number of nitrogens with zero attached hydrogens (tertiary/aromatic N) is 3. The Morgan fingerprint density at radius 1 is 0.956 bits per heavy atom. The van der Waals surface area contributed by atoms with Crippen molar-refractivity contribution in [3.8, 4) is 0 Å². The maximum atomic E-state index is 15.0. The van der Waals surface area contributed by atoms with E-state index in [9.17, 15) is 4.39 Å². The molecule has 0 amide bonds. The lowest BCUT2D eigenvalue weighted by Crippen LogP contribution is -3.00. The number of halogens is 3. The number of aryl methyl sites for hydroxylation is 1. The van der Waals surface area contributed by atoms with Crippen LogP contribution in [0.15, 0.2) is 18.2 Å². The molecule has 4 saturated carbocycles. The van der Waals surface area contributed by atoms with E-state index in [1.54, 1.807) is 12.1 Å². The lowest BCUT2D eigenvalue weighted by atomic mass is 9.31. The Labute approximate surface area is 292 Å². The molecule has 5 fully saturated rings. The van der Waals surface area contributed by atoms with E-state index in [0.29, 0.717) is 51.3 Å². The first-order valence-corrected chi connectivity index (χ1v) is 18.0. The molecule has 0 spiro atoms. The van der Waals surface area contributed by atoms with Crippen LogP contribution in [0.5, 0.6) is 0 Å². The molecule has 2 bridgehead atoms. The summed E-state index contributed by atoms with van der Waals surface area (Å²) in [4.78, 5) is 0. The van der Waals surface area contributed by atoms with Gasteiger partial charge in [-0.05, 0) is 114 Å². The van der Waals surface area contributed by atoms with Gasteiger partial charge in [-0.15, -0.1) is 9.36 Å². The molecule has 2 aromatic rings. The number of ether oxygens (including phenoxy) is 1. The van der Waals surface area contributed by atoms with Crippen molar-refractivity contribution < 1.29 is 37.8 Å². The molecule has 5 aliphatic carbocycles. The molecule has 45 heavy (non-hydrogen) atoms. The Kier molecular flexibility index (Phi) is 7.40. The van der Waals surface area contributed by atoms with Crippen molar-refractivity contribution in [3.05, 3.63) is 46.0 Å². The number of hydrogen-bond donors (Lipinski definition) is 0. The van der Waals surface area contributed by atoms with Crippen LogP contribution in [0.25, 0.3) is 0 Å². The van der Waals surface area contributed by atoms with Gasteiger partial charge >= 0.3 is 0 Å². The van der Waals surface area contributed by atoms with Crippen molar-refractivity contribution in [2.75, 3.05) is 6.61 Å². The second-order valence-corrected chi connectivity index (χ2v) is 18.7. The van der Waals surface area contributed by atoms with Gasteiger partial charge < -0.3 is 28.7 Å². The van der Waals surface area contributed by atoms with Crippen molar-refractivity contribution in [1.29, 1.82) is 0 Å². The van der Waals surface area contributed by atoms with Crippen molar-refractivity contribution >= 4 is 11.6 Å². The molecule has 4 nitrogen and oxygen atoms in total. The first-order chi connectivity index (χ1) is 20.6. The smallest absolute Gasteiger partial charge is 0.177 e. The van der Waals surface area contributed by atoms with E-state index in [4.69, 9.17) is 21.6 Å². The number of benzene rings is 1. The second kappa shape index (κ2) is 10.2. The van der Waals surface area contributed by atoms with Crippen LogP contribution in [0.3, 0.4) is 0 Å². The standard InChI is InChI=1S/C38H54ClFN3O.HI/c1-33(2)16-18-38-19-17-36(6)24(30(38)32(33)44-22-38)12-13-29-35(5)20-27-31(34(3,4)28(35)14-15-37(29,36)7)43(41-42(27)8)21-23-25(39)10-9-11-26(23)40;/h9-11,24,28-30,32H,12-22H2,1-8H3;1H/q+1;/p-1/t24-,28+,29-,30+,32-,35+,36-,37-,38-;/m1./s1. The Bertz CT molecular complexity index is 1520. The van der Waals surface area contributed by atoms with E-state index in [1.807, 2.05) is 0 Å². The summed E-state index contributed by atoms with van der Waals surface area (Å²) in [6.45, 7) is 19.4. The van der Waals surface area contributed by atoms with Crippen molar-refractivity contribution in [1.82, 2.24) is 9.90 Å². The highest BCUT2D eigenvalue weighted by atomic mass is 127. The Morgan fingerprint density at radius 3 is 2.42 bits per heavy atom. The summed E-state index contributed by atoms with van der Waals surface area (Å²) in [5.41, 5.74) is 4.63. The molecular weight excluding hydrogens is 696 g/mol. The number of hydrogen-bond acceptors (Lipinski definition) is 2. The largest absolute Gasteiger partial charge is 1.00 e. The van der Waals surface area contributed by atoms with Gasteiger partial charge in [0.2, 0.25) is 0 Å². The van der Waals surface area contributed by atoms with Crippen LogP contribution in [-0.4, -0.2) is 22.6 Å². The van der Waals surface area contributed by atoms with Crippen molar-refractivity contribution in [2.45, 2.75) is 124 Å². The first-order valence-electron chi connectivity index (χ1n) is 17.6. The minimum atomic E-state index is -0.254. The highest BCUT2D eigenvalue weighted by Gasteiger charge is 2.73. The van der Waals surface area contributed by atoms with Crippen LogP contribution in [0.4, 0.5) is 4.39 Å². The topological polar surface area (TPSA) is 30.9 Å². The van der Waals surface area contributed by atoms with E-state index in [2.05, 4.69) is 64.9 Å². The van der Waals surface area contributed by atoms with E-state index in [-0.39, 0.29) is 46.0 Å². The lowest BCUT2D eigenvalue weighted by Gasteiger charge is -2.72. The number of aromatic nitrogens is 3. The molecule has 9 atom stereocenters. The monoisotopic (exact) mass is 749 g/mol. The summed E-state index contributed by atoms with van der Waals surface area (Å²) >= 11 is 6.52. The SMILES string of the molecule is Cn1n[n+](Cc2c(F)cccc2Cl)c2c1C[C@]1(C)[C@H]3CC[C@@H]4[C@H]5[C@H]6OC[C@@]5(CCC6(C)C)CC[C@@]4(C)[C@]3(C)CC[C@H]1C2(C)C.[I-]. The molecule has 8 rings (SSSR count). The maximum absolute atomic E-state index is 15.0. The Morgan fingerprint density at radius 2 is 1.69 bits per heavy atom. The number of fused-ring (bicyclic) bond motifs is 6. The predicted octanol–water partition coefficient (Wildman–Crippen LogP) is 5.46. The number of rotatable bonds is 2. The van der Waals surface area contributed by atoms with Gasteiger partial charge in [-0.25, -0.2) is 4.39 Å². The fraction of sp³-hybridized carbons (Fsp3) is 0.789. The van der Waals surface area contributed by atoms with Gasteiger partial charge in [-0.1, -0.05) is 66.1 Å². The summed E-state index contributed by atoms with van der Waals surface area (Å²) in [6, 6.07) is 4.98. The molecule has 7 heteroatoms. The second-order valence-electron chi connectivity index (χ2n) is 18.3. The average molecular weight is 750 g/mol. The van der Waals surface area contributed by atoms with Crippen LogP contribution < -0.4 is 28.7 Å². The van der Waals surface area contributed by atoms with E-state index in [0.717, 1.165) is 24.9 Å². The summed E-state index contributed by atoms with van der Waals surface area (Å²) in [5.74, 6) is 2.47. The Balaban J connectivity index is 0.00000325. The maximum Gasteiger partial charge on any atom is 0.177 e. The van der Waals surface area contributed by atoms with Gasteiger partial charge in [0.1, 0.15) is 19.4 Å². The van der Waals surface area contributed by atoms with E-state index in [1.165, 1.54) is 68.8 Å². The van der Waals surface area contributed by atoms with Gasteiger partial charge in [-0.2, -0.15) is 0 Å². The van der Waals surface area contributed by atoms with Gasteiger partial charge in [0.05, 0.1) is 28.5 Å². The molecule has 6 aliphatic rings. The normalized spacial score (nSPS) is 43.6. The molecule has 1 aliphatic heterocycles. The fourth-order valence-corrected chi connectivity index (χ4v) is 13.9. The van der Waals surface area contributed by atoms with Gasteiger partial charge in [0.15, 0.2) is 11.4 Å². The molecule has 0 unspecified atom stereocenters. The third-order valence-corrected chi connectivity index (χ3v) is 16.3. The Hall–Kier alpha value is -0.730. The summed E-state index contributed by atoms with van der Waals surface area (Å²) in [6.07, 6.45) is 12.1. The third-order valence-electron chi connectivity index (χ3n) is 16.0. The summed E-state index contributed by atoms with van der Waals surface area (Å²) < 4.78 is 25.9. The molecule has 1 saturated heterocycles. The molecule has 1 aromatic carbocycles. The molecule has 248 valence electrons. The molecule has 0 N–H and O–H groups in total. The average Bonchev–Trinajstić information content (AvgIpc) is 3.44. The van der Waals surface area contributed by atoms with E-state index < -0.39 is 0 Å².